The summed E-state index contributed by atoms with van der Waals surface area (Å²) in [5.41, 5.74) is 3.67. The van der Waals surface area contributed by atoms with Gasteiger partial charge in [0.25, 0.3) is 0 Å². The molecule has 0 aliphatic rings. The Hall–Kier alpha value is -2.63. The van der Waals surface area contributed by atoms with Gasteiger partial charge in [0.2, 0.25) is 0 Å². The molecule has 6 nitrogen and oxygen atoms in total. The van der Waals surface area contributed by atoms with Gasteiger partial charge in [-0.05, 0) is 39.0 Å². The summed E-state index contributed by atoms with van der Waals surface area (Å²) in [6, 6.07) is 4.95. The second-order valence-corrected chi connectivity index (χ2v) is 5.06. The molecule has 0 radical (unpaired) electrons. The predicted molar refractivity (Wildman–Crippen MR) is 76.5 cm³/mol. The summed E-state index contributed by atoms with van der Waals surface area (Å²) in [6.45, 7) is 6.22. The molecule has 0 saturated carbocycles. The third-order valence-electron chi connectivity index (χ3n) is 3.68. The number of rotatable bonds is 3. The van der Waals surface area contributed by atoms with Crippen LogP contribution in [0, 0.1) is 20.8 Å². The van der Waals surface area contributed by atoms with Gasteiger partial charge in [-0.25, -0.2) is 9.78 Å². The van der Waals surface area contributed by atoms with Crippen LogP contribution < -0.4 is 0 Å². The van der Waals surface area contributed by atoms with Crippen molar-refractivity contribution >= 4 is 17.0 Å². The highest BCUT2D eigenvalue weighted by Crippen LogP contribution is 2.22. The molecule has 0 atom stereocenters. The Morgan fingerprint density at radius 3 is 2.71 bits per heavy atom. The van der Waals surface area contributed by atoms with Crippen molar-refractivity contribution in [1.29, 1.82) is 0 Å². The van der Waals surface area contributed by atoms with E-state index in [0.29, 0.717) is 6.54 Å². The van der Waals surface area contributed by atoms with Crippen molar-refractivity contribution in [2.45, 2.75) is 27.3 Å². The summed E-state index contributed by atoms with van der Waals surface area (Å²) in [6.07, 6.45) is 0. The van der Waals surface area contributed by atoms with Gasteiger partial charge in [0, 0.05) is 5.56 Å². The lowest BCUT2D eigenvalue weighted by Crippen LogP contribution is -2.04. The molecule has 1 N–H and O–H groups in total. The van der Waals surface area contributed by atoms with Crippen LogP contribution >= 0.6 is 0 Å². The van der Waals surface area contributed by atoms with Gasteiger partial charge >= 0.3 is 5.97 Å². The zero-order valence-corrected chi connectivity index (χ0v) is 12.0. The molecule has 0 aliphatic heterocycles. The van der Waals surface area contributed by atoms with Crippen molar-refractivity contribution in [3.05, 3.63) is 46.6 Å². The number of aromatic carboxylic acids is 1. The molecule has 2 aromatic heterocycles. The molecule has 0 saturated heterocycles. The summed E-state index contributed by atoms with van der Waals surface area (Å²) >= 11 is 0. The number of hydrogen-bond acceptors (Lipinski definition) is 4. The van der Waals surface area contributed by atoms with E-state index in [0.717, 1.165) is 33.9 Å². The molecule has 21 heavy (non-hydrogen) atoms. The maximum Gasteiger partial charge on any atom is 0.335 e. The van der Waals surface area contributed by atoms with Crippen LogP contribution in [0.2, 0.25) is 0 Å². The van der Waals surface area contributed by atoms with E-state index in [1.54, 1.807) is 18.2 Å². The fraction of sp³-hybridized carbons (Fsp3) is 0.267. The van der Waals surface area contributed by atoms with Gasteiger partial charge in [0.15, 0.2) is 0 Å². The Morgan fingerprint density at radius 2 is 2.10 bits per heavy atom. The van der Waals surface area contributed by atoms with Crippen LogP contribution in [0.5, 0.6) is 0 Å². The third-order valence-corrected chi connectivity index (χ3v) is 3.68. The second-order valence-electron chi connectivity index (χ2n) is 5.06. The van der Waals surface area contributed by atoms with Crippen LogP contribution in [0.4, 0.5) is 0 Å². The monoisotopic (exact) mass is 285 g/mol. The zero-order chi connectivity index (χ0) is 15.1. The van der Waals surface area contributed by atoms with E-state index in [2.05, 4.69) is 10.1 Å². The van der Waals surface area contributed by atoms with E-state index in [1.807, 2.05) is 25.3 Å². The van der Waals surface area contributed by atoms with Gasteiger partial charge in [0.1, 0.15) is 11.6 Å². The van der Waals surface area contributed by atoms with Crippen molar-refractivity contribution < 1.29 is 14.4 Å². The van der Waals surface area contributed by atoms with Gasteiger partial charge in [0.05, 0.1) is 28.8 Å². The molecule has 3 rings (SSSR count). The van der Waals surface area contributed by atoms with Crippen LogP contribution in [0.1, 0.15) is 33.2 Å². The normalized spacial score (nSPS) is 11.2. The number of aryl methyl sites for hydroxylation is 3. The third kappa shape index (κ3) is 2.18. The number of benzene rings is 1. The first-order chi connectivity index (χ1) is 9.97. The van der Waals surface area contributed by atoms with Crippen LogP contribution in [0.3, 0.4) is 0 Å². The predicted octanol–water partition coefficient (Wildman–Crippen LogP) is 2.70. The van der Waals surface area contributed by atoms with E-state index < -0.39 is 5.97 Å². The quantitative estimate of drug-likeness (QED) is 0.800. The molecule has 2 heterocycles. The molecule has 3 aromatic rings. The topological polar surface area (TPSA) is 81.2 Å². The average molecular weight is 285 g/mol. The Labute approximate surface area is 121 Å². The zero-order valence-electron chi connectivity index (χ0n) is 12.0. The Kier molecular flexibility index (Phi) is 3.01. The minimum atomic E-state index is -0.945. The Bertz CT molecular complexity index is 826. The SMILES string of the molecule is Cc1noc(C)c1Cn1c(C)nc2ccc(C(=O)O)cc21. The first-order valence-corrected chi connectivity index (χ1v) is 6.59. The van der Waals surface area contributed by atoms with E-state index in [1.165, 1.54) is 0 Å². The molecule has 6 heteroatoms. The number of aromatic nitrogens is 3. The lowest BCUT2D eigenvalue weighted by atomic mass is 10.2. The van der Waals surface area contributed by atoms with Gasteiger partial charge in [-0.15, -0.1) is 0 Å². The second kappa shape index (κ2) is 4.73. The number of fused-ring (bicyclic) bond motifs is 1. The van der Waals surface area contributed by atoms with Crippen LogP contribution in [-0.2, 0) is 6.54 Å². The number of hydrogen-bond donors (Lipinski definition) is 1. The van der Waals surface area contributed by atoms with Gasteiger partial charge in [-0.3, -0.25) is 0 Å². The molecule has 0 bridgehead atoms. The number of carbonyl (C=O) groups is 1. The van der Waals surface area contributed by atoms with Crippen LogP contribution in [-0.4, -0.2) is 25.8 Å². The van der Waals surface area contributed by atoms with Crippen molar-refractivity contribution in [3.63, 3.8) is 0 Å². The average Bonchev–Trinajstić information content (AvgIpc) is 2.92. The molecule has 0 unspecified atom stereocenters. The van der Waals surface area contributed by atoms with E-state index in [-0.39, 0.29) is 5.56 Å². The molecular formula is C15H15N3O3. The smallest absolute Gasteiger partial charge is 0.335 e. The minimum Gasteiger partial charge on any atom is -0.478 e. The highest BCUT2D eigenvalue weighted by atomic mass is 16.5. The maximum absolute atomic E-state index is 11.1. The van der Waals surface area contributed by atoms with E-state index >= 15 is 0 Å². The molecule has 108 valence electrons. The fourth-order valence-corrected chi connectivity index (χ4v) is 2.46. The summed E-state index contributed by atoms with van der Waals surface area (Å²) in [7, 11) is 0. The van der Waals surface area contributed by atoms with Crippen LogP contribution in [0.15, 0.2) is 22.7 Å². The fourth-order valence-electron chi connectivity index (χ4n) is 2.46. The van der Waals surface area contributed by atoms with Crippen molar-refractivity contribution in [2.24, 2.45) is 0 Å². The summed E-state index contributed by atoms with van der Waals surface area (Å²) in [5.74, 6) is 0.648. The van der Waals surface area contributed by atoms with Crippen molar-refractivity contribution in [3.8, 4) is 0 Å². The molecular weight excluding hydrogens is 270 g/mol. The number of carboxylic acid groups (broad SMARTS) is 1. The van der Waals surface area contributed by atoms with Crippen molar-refractivity contribution in [2.75, 3.05) is 0 Å². The number of nitrogens with zero attached hydrogens (tertiary/aromatic N) is 3. The maximum atomic E-state index is 11.1. The summed E-state index contributed by atoms with van der Waals surface area (Å²) in [5, 5.41) is 13.1. The summed E-state index contributed by atoms with van der Waals surface area (Å²) in [4.78, 5) is 15.6. The highest BCUT2D eigenvalue weighted by molar-refractivity contribution is 5.92. The number of carboxylic acids is 1. The largest absolute Gasteiger partial charge is 0.478 e. The molecule has 0 aliphatic carbocycles. The van der Waals surface area contributed by atoms with E-state index in [9.17, 15) is 4.79 Å². The van der Waals surface area contributed by atoms with Crippen molar-refractivity contribution in [1.82, 2.24) is 14.7 Å². The highest BCUT2D eigenvalue weighted by Gasteiger charge is 2.15. The standard InChI is InChI=1S/C15H15N3O3/c1-8-12(9(2)21-17-8)7-18-10(3)16-13-5-4-11(15(19)20)6-14(13)18/h4-6H,7H2,1-3H3,(H,19,20). The Balaban J connectivity index is 2.15. The molecule has 0 fully saturated rings. The summed E-state index contributed by atoms with van der Waals surface area (Å²) < 4.78 is 7.16. The number of imidazole rings is 1. The van der Waals surface area contributed by atoms with Gasteiger partial charge in [-0.1, -0.05) is 5.16 Å². The first-order valence-electron chi connectivity index (χ1n) is 6.59. The minimum absolute atomic E-state index is 0.252. The van der Waals surface area contributed by atoms with Gasteiger partial charge < -0.3 is 14.2 Å². The van der Waals surface area contributed by atoms with Crippen LogP contribution in [0.25, 0.3) is 11.0 Å². The Morgan fingerprint density at radius 1 is 1.33 bits per heavy atom. The van der Waals surface area contributed by atoms with E-state index in [4.69, 9.17) is 9.63 Å². The lowest BCUT2D eigenvalue weighted by Gasteiger charge is -2.07. The molecule has 0 amide bonds. The van der Waals surface area contributed by atoms with Gasteiger partial charge in [-0.2, -0.15) is 0 Å². The molecule has 0 spiro atoms. The lowest BCUT2D eigenvalue weighted by molar-refractivity contribution is 0.0697. The first kappa shape index (κ1) is 13.4. The molecule has 1 aromatic carbocycles.